The van der Waals surface area contributed by atoms with Gasteiger partial charge in [-0.2, -0.15) is 5.10 Å². The quantitative estimate of drug-likeness (QED) is 0.642. The molecule has 0 atom stereocenters. The molecule has 0 unspecified atom stereocenters. The maximum atomic E-state index is 5.39. The van der Waals surface area contributed by atoms with Crippen molar-refractivity contribution in [3.63, 3.8) is 0 Å². The highest BCUT2D eigenvalue weighted by Gasteiger charge is 1.99. The van der Waals surface area contributed by atoms with Crippen LogP contribution in [0.25, 0.3) is 0 Å². The number of halogens is 1. The third kappa shape index (κ3) is 0.795. The number of nitrogens with one attached hydrogen (secondary N) is 1. The van der Waals surface area contributed by atoms with Crippen LogP contribution in [0, 0.1) is 10.5 Å². The number of nitrogens with zero attached hydrogens (tertiary/aromatic N) is 1. The van der Waals surface area contributed by atoms with Crippen molar-refractivity contribution in [1.29, 1.82) is 0 Å². The van der Waals surface area contributed by atoms with Crippen LogP contribution < -0.4 is 5.73 Å². The summed E-state index contributed by atoms with van der Waals surface area (Å²) >= 11 is 2.15. The molecule has 0 fully saturated rings. The summed E-state index contributed by atoms with van der Waals surface area (Å²) in [4.78, 5) is 0. The lowest BCUT2D eigenvalue weighted by Gasteiger charge is -1.81. The Morgan fingerprint density at radius 2 is 2.38 bits per heavy atom. The molecule has 0 amide bonds. The number of hydrogen-bond acceptors (Lipinski definition) is 2. The average molecular weight is 223 g/mol. The first-order valence-electron chi connectivity index (χ1n) is 2.17. The summed E-state index contributed by atoms with van der Waals surface area (Å²) in [5, 5.41) is 6.52. The molecule has 1 rings (SSSR count). The Kier molecular flexibility index (Phi) is 1.41. The maximum absolute atomic E-state index is 5.39. The van der Waals surface area contributed by atoms with Crippen LogP contribution in [0.5, 0.6) is 0 Å². The molecule has 0 aliphatic heterocycles. The third-order valence-corrected chi connectivity index (χ3v) is 2.26. The Balaban J connectivity index is 3.19. The van der Waals surface area contributed by atoms with Crippen molar-refractivity contribution in [3.8, 4) is 0 Å². The molecule has 0 aliphatic rings. The van der Waals surface area contributed by atoms with Gasteiger partial charge in [0.1, 0.15) is 0 Å². The fraction of sp³-hybridized carbons (Fsp3) is 0.250. The summed E-state index contributed by atoms with van der Waals surface area (Å²) < 4.78 is 1.02. The van der Waals surface area contributed by atoms with E-state index in [0.29, 0.717) is 5.82 Å². The molecule has 0 aromatic carbocycles. The predicted molar refractivity (Wildman–Crippen MR) is 40.5 cm³/mol. The first-order valence-corrected chi connectivity index (χ1v) is 3.25. The van der Waals surface area contributed by atoms with Crippen molar-refractivity contribution in [2.24, 2.45) is 0 Å². The minimum atomic E-state index is 0.586. The lowest BCUT2D eigenvalue weighted by molar-refractivity contribution is 1.05. The van der Waals surface area contributed by atoms with E-state index in [2.05, 4.69) is 32.8 Å². The smallest absolute Gasteiger partial charge is 0.158 e. The Morgan fingerprint density at radius 1 is 1.75 bits per heavy atom. The number of anilines is 1. The van der Waals surface area contributed by atoms with Gasteiger partial charge in [0, 0.05) is 5.69 Å². The summed E-state index contributed by atoms with van der Waals surface area (Å²) in [6.07, 6.45) is 0. The summed E-state index contributed by atoms with van der Waals surface area (Å²) in [5.41, 5.74) is 6.42. The number of aromatic nitrogens is 2. The van der Waals surface area contributed by atoms with Gasteiger partial charge in [0.05, 0.1) is 3.57 Å². The van der Waals surface area contributed by atoms with Gasteiger partial charge in [-0.05, 0) is 29.5 Å². The van der Waals surface area contributed by atoms with E-state index in [1.807, 2.05) is 6.92 Å². The third-order valence-electron chi connectivity index (χ3n) is 0.898. The first kappa shape index (κ1) is 5.87. The maximum Gasteiger partial charge on any atom is 0.158 e. The number of nitrogens with two attached hydrogens (primary N) is 1. The standard InChI is InChI=1S/C4H6IN3/c1-2-3(5)4(6)8-7-2/h1H3,(H3,6,7,8). The van der Waals surface area contributed by atoms with Gasteiger partial charge in [0.15, 0.2) is 5.82 Å². The fourth-order valence-corrected chi connectivity index (χ4v) is 0.676. The highest BCUT2D eigenvalue weighted by atomic mass is 127. The van der Waals surface area contributed by atoms with Gasteiger partial charge >= 0.3 is 0 Å². The molecule has 8 heavy (non-hydrogen) atoms. The molecule has 4 heteroatoms. The Morgan fingerprint density at radius 3 is 2.50 bits per heavy atom. The Labute approximate surface area is 60.8 Å². The molecule has 0 saturated carbocycles. The fourth-order valence-electron chi connectivity index (χ4n) is 0.434. The minimum Gasteiger partial charge on any atom is -0.381 e. The molecule has 44 valence electrons. The van der Waals surface area contributed by atoms with Crippen molar-refractivity contribution < 1.29 is 0 Å². The molecule has 0 aliphatic carbocycles. The molecule has 3 N–H and O–H groups in total. The zero-order chi connectivity index (χ0) is 6.15. The van der Waals surface area contributed by atoms with E-state index in [9.17, 15) is 0 Å². The molecule has 0 bridgehead atoms. The number of aromatic amines is 1. The molecule has 0 radical (unpaired) electrons. The first-order chi connectivity index (χ1) is 3.72. The molecule has 0 spiro atoms. The van der Waals surface area contributed by atoms with E-state index >= 15 is 0 Å². The van der Waals surface area contributed by atoms with Gasteiger partial charge in [-0.3, -0.25) is 5.10 Å². The highest BCUT2D eigenvalue weighted by molar-refractivity contribution is 14.1. The molecular formula is C4H6IN3. The van der Waals surface area contributed by atoms with E-state index in [4.69, 9.17) is 5.73 Å². The second-order valence-corrected chi connectivity index (χ2v) is 2.63. The number of aryl methyl sites for hydroxylation is 1. The Bertz CT molecular complexity index is 174. The predicted octanol–water partition coefficient (Wildman–Crippen LogP) is 0.905. The summed E-state index contributed by atoms with van der Waals surface area (Å²) in [6.45, 7) is 1.94. The van der Waals surface area contributed by atoms with E-state index in [-0.39, 0.29) is 0 Å². The van der Waals surface area contributed by atoms with E-state index in [0.717, 1.165) is 9.26 Å². The van der Waals surface area contributed by atoms with E-state index in [1.54, 1.807) is 0 Å². The van der Waals surface area contributed by atoms with Crippen LogP contribution in [0.1, 0.15) is 5.69 Å². The van der Waals surface area contributed by atoms with Crippen molar-refractivity contribution in [3.05, 3.63) is 9.26 Å². The SMILES string of the molecule is Cc1[nH]nc(N)c1I. The molecule has 1 aromatic heterocycles. The zero-order valence-electron chi connectivity index (χ0n) is 4.40. The second kappa shape index (κ2) is 1.93. The van der Waals surface area contributed by atoms with Crippen LogP contribution in [-0.2, 0) is 0 Å². The van der Waals surface area contributed by atoms with Crippen molar-refractivity contribution in [2.45, 2.75) is 6.92 Å². The van der Waals surface area contributed by atoms with Crippen molar-refractivity contribution in [1.82, 2.24) is 10.2 Å². The van der Waals surface area contributed by atoms with Crippen LogP contribution in [0.2, 0.25) is 0 Å². The van der Waals surface area contributed by atoms with Crippen LogP contribution in [0.4, 0.5) is 5.82 Å². The normalized spacial score (nSPS) is 9.75. The van der Waals surface area contributed by atoms with Gasteiger partial charge in [0.25, 0.3) is 0 Å². The zero-order valence-corrected chi connectivity index (χ0v) is 6.56. The van der Waals surface area contributed by atoms with Gasteiger partial charge in [-0.25, -0.2) is 0 Å². The van der Waals surface area contributed by atoms with E-state index in [1.165, 1.54) is 0 Å². The summed E-state index contributed by atoms with van der Waals surface area (Å²) in [6, 6.07) is 0. The molecule has 3 nitrogen and oxygen atoms in total. The lowest BCUT2D eigenvalue weighted by atomic mass is 10.5. The molecule has 0 saturated heterocycles. The van der Waals surface area contributed by atoms with E-state index < -0.39 is 0 Å². The van der Waals surface area contributed by atoms with Gasteiger partial charge in [-0.1, -0.05) is 0 Å². The van der Waals surface area contributed by atoms with Crippen LogP contribution in [0.15, 0.2) is 0 Å². The lowest BCUT2D eigenvalue weighted by Crippen LogP contribution is -1.85. The highest BCUT2D eigenvalue weighted by Crippen LogP contribution is 2.13. The molecule has 1 aromatic rings. The van der Waals surface area contributed by atoms with Crippen LogP contribution in [0.3, 0.4) is 0 Å². The monoisotopic (exact) mass is 223 g/mol. The van der Waals surface area contributed by atoms with Gasteiger partial charge in [0.2, 0.25) is 0 Å². The summed E-state index contributed by atoms with van der Waals surface area (Å²) in [7, 11) is 0. The average Bonchev–Trinajstić information content (AvgIpc) is 1.98. The number of rotatable bonds is 0. The van der Waals surface area contributed by atoms with Gasteiger partial charge in [-0.15, -0.1) is 0 Å². The molecule has 1 heterocycles. The Hall–Kier alpha value is -0.260. The minimum absolute atomic E-state index is 0.586. The van der Waals surface area contributed by atoms with Gasteiger partial charge < -0.3 is 5.73 Å². The largest absolute Gasteiger partial charge is 0.381 e. The topological polar surface area (TPSA) is 54.7 Å². The van der Waals surface area contributed by atoms with Crippen LogP contribution in [-0.4, -0.2) is 10.2 Å². The number of nitrogen functional groups attached to an aromatic ring is 1. The van der Waals surface area contributed by atoms with Crippen molar-refractivity contribution in [2.75, 3.05) is 5.73 Å². The second-order valence-electron chi connectivity index (χ2n) is 1.55. The number of hydrogen-bond donors (Lipinski definition) is 2. The number of H-pyrrole nitrogens is 1. The summed E-state index contributed by atoms with van der Waals surface area (Å²) in [5.74, 6) is 0.586. The van der Waals surface area contributed by atoms with Crippen molar-refractivity contribution >= 4 is 28.4 Å². The molecular weight excluding hydrogens is 217 g/mol. The van der Waals surface area contributed by atoms with Crippen LogP contribution >= 0.6 is 22.6 Å².